The van der Waals surface area contributed by atoms with Crippen LogP contribution in [0.2, 0.25) is 0 Å². The summed E-state index contributed by atoms with van der Waals surface area (Å²) in [5.74, 6) is 0.332. The Morgan fingerprint density at radius 2 is 1.92 bits per heavy atom. The Kier molecular flexibility index (Phi) is 5.03. The standard InChI is InChI=1S/C20H22N2O3/c1-3-8-17(19(23)21-16-11-6-7-12-18(16)25-2)22-13-14-9-4-5-10-15(14)20(22)24/h4-7,9-12,17H,3,8,13H2,1-2H3,(H,21,23). The Morgan fingerprint density at radius 3 is 2.64 bits per heavy atom. The Labute approximate surface area is 147 Å². The molecular formula is C20H22N2O3. The fourth-order valence-electron chi connectivity index (χ4n) is 3.19. The molecule has 0 aliphatic carbocycles. The summed E-state index contributed by atoms with van der Waals surface area (Å²) in [5.41, 5.74) is 2.27. The minimum absolute atomic E-state index is 0.0794. The maximum atomic E-state index is 12.9. The van der Waals surface area contributed by atoms with E-state index in [1.807, 2.05) is 43.3 Å². The van der Waals surface area contributed by atoms with Crippen molar-refractivity contribution in [3.63, 3.8) is 0 Å². The molecule has 25 heavy (non-hydrogen) atoms. The van der Waals surface area contributed by atoms with E-state index in [9.17, 15) is 9.59 Å². The van der Waals surface area contributed by atoms with E-state index in [1.165, 1.54) is 0 Å². The molecule has 2 amide bonds. The van der Waals surface area contributed by atoms with Gasteiger partial charge in [-0.05, 0) is 30.2 Å². The lowest BCUT2D eigenvalue weighted by molar-refractivity contribution is -0.120. The summed E-state index contributed by atoms with van der Waals surface area (Å²) in [6.07, 6.45) is 1.42. The second-order valence-corrected chi connectivity index (χ2v) is 6.08. The van der Waals surface area contributed by atoms with Crippen LogP contribution in [-0.2, 0) is 11.3 Å². The van der Waals surface area contributed by atoms with Crippen molar-refractivity contribution in [3.05, 3.63) is 59.7 Å². The van der Waals surface area contributed by atoms with Crippen LogP contribution in [0.5, 0.6) is 5.75 Å². The molecule has 2 aromatic carbocycles. The molecular weight excluding hydrogens is 316 g/mol. The van der Waals surface area contributed by atoms with Crippen LogP contribution in [0.4, 0.5) is 5.69 Å². The summed E-state index contributed by atoms with van der Waals surface area (Å²) in [7, 11) is 1.56. The van der Waals surface area contributed by atoms with E-state index in [2.05, 4.69) is 5.32 Å². The fraction of sp³-hybridized carbons (Fsp3) is 0.300. The topological polar surface area (TPSA) is 58.6 Å². The number of carbonyl (C=O) groups excluding carboxylic acids is 2. The van der Waals surface area contributed by atoms with E-state index in [0.29, 0.717) is 30.0 Å². The SMILES string of the molecule is CCCC(C(=O)Nc1ccccc1OC)N1Cc2ccccc2C1=O. The van der Waals surface area contributed by atoms with Crippen molar-refractivity contribution < 1.29 is 14.3 Å². The zero-order valence-corrected chi connectivity index (χ0v) is 14.5. The molecule has 1 aliphatic rings. The first-order chi connectivity index (χ1) is 12.2. The molecule has 0 fully saturated rings. The lowest BCUT2D eigenvalue weighted by Crippen LogP contribution is -2.44. The molecule has 5 heteroatoms. The van der Waals surface area contributed by atoms with Gasteiger partial charge in [-0.15, -0.1) is 0 Å². The molecule has 130 valence electrons. The highest BCUT2D eigenvalue weighted by molar-refractivity contribution is 6.03. The Morgan fingerprint density at radius 1 is 1.20 bits per heavy atom. The monoisotopic (exact) mass is 338 g/mol. The Balaban J connectivity index is 1.82. The highest BCUT2D eigenvalue weighted by Crippen LogP contribution is 2.28. The van der Waals surface area contributed by atoms with E-state index in [0.717, 1.165) is 12.0 Å². The van der Waals surface area contributed by atoms with Crippen LogP contribution in [0.3, 0.4) is 0 Å². The lowest BCUT2D eigenvalue weighted by atomic mass is 10.1. The van der Waals surface area contributed by atoms with Crippen LogP contribution in [0.1, 0.15) is 35.7 Å². The molecule has 1 aliphatic heterocycles. The van der Waals surface area contributed by atoms with Crippen LogP contribution in [0.25, 0.3) is 0 Å². The van der Waals surface area contributed by atoms with Gasteiger partial charge in [-0.2, -0.15) is 0 Å². The summed E-state index contributed by atoms with van der Waals surface area (Å²) in [6, 6.07) is 14.3. The van der Waals surface area contributed by atoms with E-state index in [1.54, 1.807) is 24.1 Å². The summed E-state index contributed by atoms with van der Waals surface area (Å²) < 4.78 is 5.29. The highest BCUT2D eigenvalue weighted by Gasteiger charge is 2.35. The van der Waals surface area contributed by atoms with Gasteiger partial charge < -0.3 is 15.0 Å². The fourth-order valence-corrected chi connectivity index (χ4v) is 3.19. The van der Waals surface area contributed by atoms with Gasteiger partial charge >= 0.3 is 0 Å². The van der Waals surface area contributed by atoms with Gasteiger partial charge in [0, 0.05) is 12.1 Å². The lowest BCUT2D eigenvalue weighted by Gasteiger charge is -2.27. The summed E-state index contributed by atoms with van der Waals surface area (Å²) in [4.78, 5) is 27.3. The highest BCUT2D eigenvalue weighted by atomic mass is 16.5. The largest absolute Gasteiger partial charge is 0.495 e. The average molecular weight is 338 g/mol. The molecule has 0 radical (unpaired) electrons. The molecule has 3 rings (SSSR count). The van der Waals surface area contributed by atoms with Gasteiger partial charge in [-0.3, -0.25) is 9.59 Å². The van der Waals surface area contributed by atoms with Crippen molar-refractivity contribution in [1.29, 1.82) is 0 Å². The second-order valence-electron chi connectivity index (χ2n) is 6.08. The van der Waals surface area contributed by atoms with Crippen LogP contribution in [0, 0.1) is 0 Å². The van der Waals surface area contributed by atoms with E-state index < -0.39 is 6.04 Å². The Hall–Kier alpha value is -2.82. The summed E-state index contributed by atoms with van der Waals surface area (Å²) >= 11 is 0. The normalized spacial score (nSPS) is 14.2. The van der Waals surface area contributed by atoms with Crippen LogP contribution >= 0.6 is 0 Å². The number of rotatable bonds is 6. The number of amides is 2. The van der Waals surface area contributed by atoms with Gasteiger partial charge in [0.05, 0.1) is 12.8 Å². The van der Waals surface area contributed by atoms with Crippen molar-refractivity contribution in [2.24, 2.45) is 0 Å². The van der Waals surface area contributed by atoms with Gasteiger partial charge in [0.1, 0.15) is 11.8 Å². The van der Waals surface area contributed by atoms with Gasteiger partial charge in [-0.25, -0.2) is 0 Å². The van der Waals surface area contributed by atoms with Crippen molar-refractivity contribution in [2.75, 3.05) is 12.4 Å². The van der Waals surface area contributed by atoms with Crippen molar-refractivity contribution in [3.8, 4) is 5.75 Å². The first-order valence-electron chi connectivity index (χ1n) is 8.48. The zero-order chi connectivity index (χ0) is 17.8. The number of nitrogens with one attached hydrogen (secondary N) is 1. The Bertz CT molecular complexity index is 788. The molecule has 0 spiro atoms. The van der Waals surface area contributed by atoms with Gasteiger partial charge in [0.2, 0.25) is 5.91 Å². The van der Waals surface area contributed by atoms with Crippen LogP contribution < -0.4 is 10.1 Å². The third kappa shape index (κ3) is 3.36. The number of benzene rings is 2. The minimum Gasteiger partial charge on any atom is -0.495 e. The first kappa shape index (κ1) is 17.0. The van der Waals surface area contributed by atoms with Gasteiger partial charge in [0.25, 0.3) is 5.91 Å². The number of carbonyl (C=O) groups is 2. The van der Waals surface area contributed by atoms with Crippen molar-refractivity contribution >= 4 is 17.5 Å². The van der Waals surface area contributed by atoms with Gasteiger partial charge in [0.15, 0.2) is 0 Å². The third-order valence-electron chi connectivity index (χ3n) is 4.46. The van der Waals surface area contributed by atoms with Crippen LogP contribution in [-0.4, -0.2) is 29.9 Å². The van der Waals surface area contributed by atoms with Gasteiger partial charge in [-0.1, -0.05) is 43.7 Å². The number of hydrogen-bond donors (Lipinski definition) is 1. The third-order valence-corrected chi connectivity index (χ3v) is 4.46. The molecule has 0 aromatic heterocycles. The molecule has 1 N–H and O–H groups in total. The predicted octanol–water partition coefficient (Wildman–Crippen LogP) is 3.46. The maximum absolute atomic E-state index is 12.9. The number of methoxy groups -OCH3 is 1. The van der Waals surface area contributed by atoms with Crippen molar-refractivity contribution in [1.82, 2.24) is 4.90 Å². The molecule has 1 atom stereocenters. The minimum atomic E-state index is -0.505. The van der Waals surface area contributed by atoms with E-state index in [4.69, 9.17) is 4.74 Å². The number of nitrogens with zero attached hydrogens (tertiary/aromatic N) is 1. The summed E-state index contributed by atoms with van der Waals surface area (Å²) in [6.45, 7) is 2.48. The van der Waals surface area contributed by atoms with Crippen LogP contribution in [0.15, 0.2) is 48.5 Å². The molecule has 0 saturated carbocycles. The number of para-hydroxylation sites is 2. The van der Waals surface area contributed by atoms with Crippen molar-refractivity contribution in [2.45, 2.75) is 32.4 Å². The zero-order valence-electron chi connectivity index (χ0n) is 14.5. The maximum Gasteiger partial charge on any atom is 0.255 e. The first-order valence-corrected chi connectivity index (χ1v) is 8.48. The number of hydrogen-bond acceptors (Lipinski definition) is 3. The van der Waals surface area contributed by atoms with E-state index >= 15 is 0 Å². The summed E-state index contributed by atoms with van der Waals surface area (Å²) in [5, 5.41) is 2.91. The molecule has 2 aromatic rings. The number of fused-ring (bicyclic) bond motifs is 1. The molecule has 0 bridgehead atoms. The quantitative estimate of drug-likeness (QED) is 0.877. The predicted molar refractivity (Wildman–Crippen MR) is 96.6 cm³/mol. The molecule has 0 saturated heterocycles. The average Bonchev–Trinajstić information content (AvgIpc) is 2.97. The molecule has 5 nitrogen and oxygen atoms in total. The van der Waals surface area contributed by atoms with E-state index in [-0.39, 0.29) is 11.8 Å². The second kappa shape index (κ2) is 7.38. The molecule has 1 unspecified atom stereocenters. The molecule has 1 heterocycles. The number of ether oxygens (including phenoxy) is 1. The smallest absolute Gasteiger partial charge is 0.255 e. The number of anilines is 1.